The van der Waals surface area contributed by atoms with Gasteiger partial charge in [-0.15, -0.1) is 0 Å². The topological polar surface area (TPSA) is 111 Å². The van der Waals surface area contributed by atoms with Crippen molar-refractivity contribution in [1.82, 2.24) is 0 Å². The summed E-state index contributed by atoms with van der Waals surface area (Å²) in [5.41, 5.74) is 0. The van der Waals surface area contributed by atoms with Gasteiger partial charge < -0.3 is 0 Å². The molecule has 0 amide bonds. The van der Waals surface area contributed by atoms with Gasteiger partial charge in [0.25, 0.3) is 47.8 Å². The molecule has 0 atom stereocenters. The number of unbranched alkanes of at least 4 members (excludes halogenated alkanes) is 9. The Morgan fingerprint density at radius 1 is 0.236 bits per heavy atom. The minimum atomic E-state index is -2.12. The molecule has 0 spiro atoms. The van der Waals surface area contributed by atoms with Crippen LogP contribution in [0.3, 0.4) is 0 Å². The van der Waals surface area contributed by atoms with E-state index >= 15 is 0 Å². The number of rotatable bonds is 35. The minimum Gasteiger partial charge on any atom is -0.269 e. The highest BCUT2D eigenvalue weighted by Crippen LogP contribution is 2.61. The van der Waals surface area contributed by atoms with E-state index in [0.29, 0.717) is 5.92 Å². The van der Waals surface area contributed by atoms with E-state index < -0.39 is 47.8 Å². The third-order valence-corrected chi connectivity index (χ3v) is 12.6. The Morgan fingerprint density at radius 2 is 0.403 bits per heavy atom. The molecule has 72 heavy (non-hydrogen) atoms. The van der Waals surface area contributed by atoms with Crippen LogP contribution in [-0.2, 0) is 56.8 Å². The first-order chi connectivity index (χ1) is 34.8. The van der Waals surface area contributed by atoms with Crippen molar-refractivity contribution in [3.8, 4) is 0 Å². The summed E-state index contributed by atoms with van der Waals surface area (Å²) in [6, 6.07) is 0. The molecule has 0 aromatic heterocycles. The fourth-order valence-electron chi connectivity index (χ4n) is 9.09. The Bertz CT molecular complexity index is 1620. The molecule has 0 saturated carbocycles. The lowest BCUT2D eigenvalue weighted by Crippen LogP contribution is -2.79. The number of allylic oxidation sites excluding steroid dienone is 8. The number of hydrogen-bond donors (Lipinski definition) is 0. The quantitative estimate of drug-likeness (QED) is 0.0445. The van der Waals surface area contributed by atoms with Crippen molar-refractivity contribution in [2.24, 2.45) is 5.92 Å². The Labute approximate surface area is 435 Å². The summed E-state index contributed by atoms with van der Waals surface area (Å²) in [5, 5.41) is 0. The van der Waals surface area contributed by atoms with Crippen LogP contribution in [-0.4, -0.2) is 47.8 Å². The molecule has 6 aliphatic rings. The summed E-state index contributed by atoms with van der Waals surface area (Å²) in [6.07, 6.45) is 49.0. The molecule has 408 valence electrons. The molecular formula is C60H96O12. The largest absolute Gasteiger partial charge is 0.299 e. The number of ether oxygens (including phenoxy) is 12. The fourth-order valence-corrected chi connectivity index (χ4v) is 9.09. The zero-order chi connectivity index (χ0) is 51.8. The first kappa shape index (κ1) is 60.3. The summed E-state index contributed by atoms with van der Waals surface area (Å²) in [6.45, 7) is 19.5. The van der Waals surface area contributed by atoms with E-state index in [1.54, 1.807) is 0 Å². The van der Waals surface area contributed by atoms with Crippen molar-refractivity contribution in [2.75, 3.05) is 0 Å². The van der Waals surface area contributed by atoms with E-state index in [4.69, 9.17) is 56.8 Å². The normalized spacial score (nSPS) is 34.0. The second-order valence-corrected chi connectivity index (χ2v) is 20.3. The highest BCUT2D eigenvalue weighted by Gasteiger charge is 2.76. The molecule has 0 radical (unpaired) electrons. The molecule has 0 unspecified atom stereocenters. The van der Waals surface area contributed by atoms with Gasteiger partial charge in [0.2, 0.25) is 0 Å². The van der Waals surface area contributed by atoms with Gasteiger partial charge in [0.05, 0.1) is 0 Å². The van der Waals surface area contributed by atoms with Gasteiger partial charge in [-0.05, 0) is 63.7 Å². The molecule has 12 nitrogen and oxygen atoms in total. The lowest BCUT2D eigenvalue weighted by Gasteiger charge is -2.65. The maximum Gasteiger partial charge on any atom is 0.299 e. The maximum atomic E-state index is 7.54. The Balaban J connectivity index is 1.93. The van der Waals surface area contributed by atoms with Crippen molar-refractivity contribution in [3.63, 3.8) is 0 Å². The average molecular weight is 1010 g/mol. The Hall–Kier alpha value is -2.56. The van der Waals surface area contributed by atoms with Crippen LogP contribution in [0, 0.1) is 5.92 Å². The van der Waals surface area contributed by atoms with Crippen LogP contribution in [0.5, 0.6) is 0 Å². The molecule has 0 aromatic rings. The summed E-state index contributed by atoms with van der Waals surface area (Å²) in [4.78, 5) is 0. The van der Waals surface area contributed by atoms with Gasteiger partial charge in [-0.3, -0.25) is 56.8 Å². The summed E-state index contributed by atoms with van der Waals surface area (Å²) >= 11 is 0. The Morgan fingerprint density at radius 3 is 0.556 bits per heavy atom. The molecule has 6 rings (SSSR count). The second-order valence-electron chi connectivity index (χ2n) is 20.3. The molecule has 12 heteroatoms. The molecule has 6 heterocycles. The molecule has 0 aliphatic carbocycles. The third-order valence-electron chi connectivity index (χ3n) is 12.6. The Kier molecular flexibility index (Phi) is 24.8. The van der Waals surface area contributed by atoms with Gasteiger partial charge >= 0.3 is 0 Å². The summed E-state index contributed by atoms with van der Waals surface area (Å²) in [5.74, 6) is -16.3. The second kappa shape index (κ2) is 29.7. The highest BCUT2D eigenvalue weighted by molar-refractivity contribution is 5.03. The monoisotopic (exact) mass is 1010 g/mol. The van der Waals surface area contributed by atoms with E-state index in [0.717, 1.165) is 116 Å². The van der Waals surface area contributed by atoms with Crippen LogP contribution in [0.4, 0.5) is 0 Å². The standard InChI is InChI=1S/C60H96O12/c1-10-17-24-35-44-53-61-54(45-36-25-18-11-2)64-57(48-39-28-21-14-5)66-55(62-53,46-37-26-19-12-3)68-59(50-41-30-23-16-7)69-56(63-53,47-38-27-20-13-4)67-58(65-54,49-40-29-22-15-6)71-60(70-57,72-59)51-42-33-31-32-34-43-52(8)9/h24-30,33,35-42,52H,10-23,31-32,34,43-51H2,1-9H3. The predicted molar refractivity (Wildman–Crippen MR) is 283 cm³/mol. The third kappa shape index (κ3) is 17.8. The van der Waals surface area contributed by atoms with Gasteiger partial charge in [0, 0.05) is 51.4 Å². The van der Waals surface area contributed by atoms with Crippen LogP contribution in [0.15, 0.2) is 97.2 Å². The van der Waals surface area contributed by atoms with Gasteiger partial charge in [-0.1, -0.05) is 217 Å². The zero-order valence-corrected chi connectivity index (χ0v) is 46.1. The van der Waals surface area contributed by atoms with Gasteiger partial charge in [0.1, 0.15) is 0 Å². The van der Waals surface area contributed by atoms with Crippen LogP contribution < -0.4 is 0 Å². The van der Waals surface area contributed by atoms with E-state index in [2.05, 4.69) is 111 Å². The molecule has 6 aliphatic heterocycles. The van der Waals surface area contributed by atoms with Crippen LogP contribution in [0.25, 0.3) is 0 Å². The smallest absolute Gasteiger partial charge is 0.269 e. The van der Waals surface area contributed by atoms with Crippen molar-refractivity contribution >= 4 is 0 Å². The first-order valence-corrected chi connectivity index (χ1v) is 28.4. The SMILES string of the molecule is CCCC=CCC12OC3(CC=CCCC)OC4(CC=CCCC)OC(CC=CCCC)(O1)OC1(CC=CCCC)OC(CC=CCCC)(O2)OC(CC=CCCC)(O3)OC(CC=CCCCCC(C)C)(O4)O1. The molecule has 6 fully saturated rings. The van der Waals surface area contributed by atoms with Gasteiger partial charge in [-0.2, -0.15) is 0 Å². The minimum absolute atomic E-state index is 0.0190. The van der Waals surface area contributed by atoms with E-state index in [1.165, 1.54) is 0 Å². The lowest BCUT2D eigenvalue weighted by atomic mass is 10.1. The van der Waals surface area contributed by atoms with Gasteiger partial charge in [0.15, 0.2) is 0 Å². The van der Waals surface area contributed by atoms with Gasteiger partial charge in [-0.25, -0.2) is 0 Å². The lowest BCUT2D eigenvalue weighted by molar-refractivity contribution is -0.789. The highest BCUT2D eigenvalue weighted by atomic mass is 17.2. The summed E-state index contributed by atoms with van der Waals surface area (Å²) < 4.78 is 90.2. The van der Waals surface area contributed by atoms with Crippen LogP contribution in [0.2, 0.25) is 0 Å². The molecule has 0 N–H and O–H groups in total. The maximum absolute atomic E-state index is 7.54. The number of hydrogen-bond acceptors (Lipinski definition) is 12. The van der Waals surface area contributed by atoms with E-state index in [-0.39, 0.29) is 51.4 Å². The van der Waals surface area contributed by atoms with E-state index in [1.807, 2.05) is 48.6 Å². The van der Waals surface area contributed by atoms with Crippen molar-refractivity contribution in [1.29, 1.82) is 0 Å². The fraction of sp³-hybridized carbons (Fsp3) is 0.733. The van der Waals surface area contributed by atoms with Crippen molar-refractivity contribution < 1.29 is 56.8 Å². The predicted octanol–water partition coefficient (Wildman–Crippen LogP) is 16.9. The van der Waals surface area contributed by atoms with Crippen LogP contribution >= 0.6 is 0 Å². The van der Waals surface area contributed by atoms with Crippen molar-refractivity contribution in [3.05, 3.63) is 97.2 Å². The molecule has 6 saturated heterocycles. The zero-order valence-electron chi connectivity index (χ0n) is 46.1. The van der Waals surface area contributed by atoms with Crippen LogP contribution in [0.1, 0.15) is 229 Å². The average Bonchev–Trinajstić information content (AvgIpc) is 3.31. The molecule has 0 aromatic carbocycles. The van der Waals surface area contributed by atoms with E-state index in [9.17, 15) is 0 Å². The summed E-state index contributed by atoms with van der Waals surface area (Å²) in [7, 11) is 0. The first-order valence-electron chi connectivity index (χ1n) is 28.4. The molecular weight excluding hydrogens is 913 g/mol. The van der Waals surface area contributed by atoms with Crippen molar-refractivity contribution in [2.45, 2.75) is 277 Å². The molecule has 8 bridgehead atoms.